The molecule has 3 heteroatoms. The van der Waals surface area contributed by atoms with Crippen molar-refractivity contribution in [1.29, 1.82) is 5.26 Å². The Morgan fingerprint density at radius 1 is 1.12 bits per heavy atom. The van der Waals surface area contributed by atoms with E-state index < -0.39 is 0 Å². The summed E-state index contributed by atoms with van der Waals surface area (Å²) in [5.74, 6) is 0.212. The zero-order valence-corrected chi connectivity index (χ0v) is 9.95. The molecule has 0 spiro atoms. The van der Waals surface area contributed by atoms with Crippen LogP contribution in [0.3, 0.4) is 0 Å². The lowest BCUT2D eigenvalue weighted by molar-refractivity contribution is 0.105. The highest BCUT2D eigenvalue weighted by atomic mass is 16.5. The maximum Gasteiger partial charge on any atom is 0.0700 e. The van der Waals surface area contributed by atoms with Gasteiger partial charge in [0.25, 0.3) is 0 Å². The monoisotopic (exact) mass is 222 g/mol. The van der Waals surface area contributed by atoms with Crippen molar-refractivity contribution in [2.75, 3.05) is 13.2 Å². The summed E-state index contributed by atoms with van der Waals surface area (Å²) in [4.78, 5) is 0. The minimum absolute atomic E-state index is 0.212. The van der Waals surface area contributed by atoms with E-state index in [0.29, 0.717) is 12.1 Å². The normalized spacial score (nSPS) is 35.6. The Morgan fingerprint density at radius 3 is 2.75 bits per heavy atom. The van der Waals surface area contributed by atoms with Gasteiger partial charge in [0.15, 0.2) is 0 Å². The molecule has 1 saturated carbocycles. The van der Waals surface area contributed by atoms with Crippen LogP contribution in [-0.4, -0.2) is 25.3 Å². The van der Waals surface area contributed by atoms with Gasteiger partial charge in [-0.3, -0.25) is 0 Å². The Labute approximate surface area is 98.2 Å². The second kappa shape index (κ2) is 6.22. The summed E-state index contributed by atoms with van der Waals surface area (Å²) in [6.07, 6.45) is 8.76. The maximum atomic E-state index is 9.16. The van der Waals surface area contributed by atoms with Crippen LogP contribution < -0.4 is 5.32 Å². The first-order valence-corrected chi connectivity index (χ1v) is 6.65. The van der Waals surface area contributed by atoms with Crippen LogP contribution >= 0.6 is 0 Å². The van der Waals surface area contributed by atoms with Gasteiger partial charge in [0.2, 0.25) is 0 Å². The zero-order valence-electron chi connectivity index (χ0n) is 9.95. The molecule has 2 rings (SSSR count). The Morgan fingerprint density at radius 2 is 2.00 bits per heavy atom. The minimum atomic E-state index is 0.212. The molecule has 1 heterocycles. The molecule has 1 aliphatic heterocycles. The summed E-state index contributed by atoms with van der Waals surface area (Å²) in [5, 5.41) is 12.7. The fourth-order valence-corrected chi connectivity index (χ4v) is 2.79. The van der Waals surface area contributed by atoms with Gasteiger partial charge in [0.05, 0.1) is 18.1 Å². The topological polar surface area (TPSA) is 45.0 Å². The number of hydrogen-bond donors (Lipinski definition) is 1. The van der Waals surface area contributed by atoms with Crippen molar-refractivity contribution in [2.24, 2.45) is 5.92 Å². The van der Waals surface area contributed by atoms with Crippen LogP contribution in [0.15, 0.2) is 0 Å². The van der Waals surface area contributed by atoms with Gasteiger partial charge in [-0.2, -0.15) is 5.26 Å². The molecule has 90 valence electrons. The molecule has 0 aromatic carbocycles. The second-order valence-corrected chi connectivity index (χ2v) is 5.02. The summed E-state index contributed by atoms with van der Waals surface area (Å²) in [6.45, 7) is 1.85. The molecule has 2 aliphatic rings. The highest BCUT2D eigenvalue weighted by molar-refractivity contribution is 4.93. The zero-order chi connectivity index (χ0) is 11.2. The maximum absolute atomic E-state index is 9.16. The van der Waals surface area contributed by atoms with E-state index in [-0.39, 0.29) is 5.92 Å². The first-order chi connectivity index (χ1) is 7.90. The molecule has 1 aliphatic carbocycles. The number of ether oxygens (including phenoxy) is 1. The molecule has 0 radical (unpaired) electrons. The first-order valence-electron chi connectivity index (χ1n) is 6.65. The lowest BCUT2D eigenvalue weighted by Gasteiger charge is -2.22. The van der Waals surface area contributed by atoms with Crippen molar-refractivity contribution >= 4 is 0 Å². The van der Waals surface area contributed by atoms with Crippen molar-refractivity contribution in [3.05, 3.63) is 0 Å². The minimum Gasteiger partial charge on any atom is -0.377 e. The second-order valence-electron chi connectivity index (χ2n) is 5.02. The largest absolute Gasteiger partial charge is 0.377 e. The fourth-order valence-electron chi connectivity index (χ4n) is 2.79. The number of nitriles is 1. The predicted molar refractivity (Wildman–Crippen MR) is 63.0 cm³/mol. The summed E-state index contributed by atoms with van der Waals surface area (Å²) in [5.41, 5.74) is 0. The average Bonchev–Trinajstić information content (AvgIpc) is 2.71. The number of rotatable bonds is 3. The summed E-state index contributed by atoms with van der Waals surface area (Å²) >= 11 is 0. The van der Waals surface area contributed by atoms with Gasteiger partial charge in [-0.1, -0.05) is 19.3 Å². The molecule has 3 unspecified atom stereocenters. The van der Waals surface area contributed by atoms with Crippen LogP contribution in [0.4, 0.5) is 0 Å². The van der Waals surface area contributed by atoms with Gasteiger partial charge in [-0.05, 0) is 25.7 Å². The van der Waals surface area contributed by atoms with Crippen LogP contribution in [0.2, 0.25) is 0 Å². The van der Waals surface area contributed by atoms with Gasteiger partial charge in [-0.15, -0.1) is 0 Å². The van der Waals surface area contributed by atoms with Gasteiger partial charge >= 0.3 is 0 Å². The van der Waals surface area contributed by atoms with Crippen molar-refractivity contribution in [3.8, 4) is 6.07 Å². The molecule has 0 aromatic heterocycles. The molecule has 0 bridgehead atoms. The highest BCUT2D eigenvalue weighted by Crippen LogP contribution is 2.23. The van der Waals surface area contributed by atoms with Gasteiger partial charge < -0.3 is 10.1 Å². The lowest BCUT2D eigenvalue weighted by atomic mass is 9.96. The molecular formula is C13H22N2O. The quantitative estimate of drug-likeness (QED) is 0.745. The Hall–Kier alpha value is -0.590. The average molecular weight is 222 g/mol. The first kappa shape index (κ1) is 11.9. The molecule has 3 nitrogen and oxygen atoms in total. The van der Waals surface area contributed by atoms with Crippen LogP contribution in [0.1, 0.15) is 44.9 Å². The Balaban J connectivity index is 1.78. The molecule has 3 atom stereocenters. The third kappa shape index (κ3) is 3.20. The van der Waals surface area contributed by atoms with Crippen molar-refractivity contribution in [2.45, 2.75) is 57.1 Å². The summed E-state index contributed by atoms with van der Waals surface area (Å²) in [6, 6.07) is 2.87. The van der Waals surface area contributed by atoms with Crippen LogP contribution in [0, 0.1) is 17.2 Å². The van der Waals surface area contributed by atoms with Crippen molar-refractivity contribution in [3.63, 3.8) is 0 Å². The summed E-state index contributed by atoms with van der Waals surface area (Å²) < 4.78 is 5.60. The van der Waals surface area contributed by atoms with Crippen molar-refractivity contribution in [1.82, 2.24) is 5.32 Å². The van der Waals surface area contributed by atoms with Gasteiger partial charge in [0.1, 0.15) is 0 Å². The number of hydrogen-bond acceptors (Lipinski definition) is 3. The smallest absolute Gasteiger partial charge is 0.0700 e. The molecule has 0 aromatic rings. The fraction of sp³-hybridized carbons (Fsp3) is 0.923. The molecule has 2 fully saturated rings. The number of nitrogens with one attached hydrogen (secondary N) is 1. The van der Waals surface area contributed by atoms with E-state index in [4.69, 9.17) is 10.00 Å². The molecule has 1 saturated heterocycles. The van der Waals surface area contributed by atoms with Gasteiger partial charge in [-0.25, -0.2) is 0 Å². The molecule has 16 heavy (non-hydrogen) atoms. The number of nitrogens with zero attached hydrogens (tertiary/aromatic N) is 1. The molecular weight excluding hydrogens is 200 g/mol. The third-order valence-corrected chi connectivity index (χ3v) is 3.81. The molecule has 0 amide bonds. The van der Waals surface area contributed by atoms with Crippen molar-refractivity contribution < 1.29 is 4.74 Å². The SMILES string of the molecule is N#CC1CCCCCC1NCC1CCCO1. The van der Waals surface area contributed by atoms with E-state index in [1.54, 1.807) is 0 Å². The van der Waals surface area contributed by atoms with Crippen LogP contribution in [0.25, 0.3) is 0 Å². The molecule has 1 N–H and O–H groups in total. The lowest BCUT2D eigenvalue weighted by Crippen LogP contribution is -2.39. The van der Waals surface area contributed by atoms with E-state index in [1.807, 2.05) is 0 Å². The van der Waals surface area contributed by atoms with Crippen LogP contribution in [0.5, 0.6) is 0 Å². The predicted octanol–water partition coefficient (Wildman–Crippen LogP) is 2.23. The highest BCUT2D eigenvalue weighted by Gasteiger charge is 2.24. The van der Waals surface area contributed by atoms with E-state index in [2.05, 4.69) is 11.4 Å². The van der Waals surface area contributed by atoms with E-state index in [0.717, 1.165) is 26.0 Å². The van der Waals surface area contributed by atoms with E-state index >= 15 is 0 Å². The Kier molecular flexibility index (Phi) is 4.62. The van der Waals surface area contributed by atoms with E-state index in [1.165, 1.54) is 32.1 Å². The third-order valence-electron chi connectivity index (χ3n) is 3.81. The standard InChI is InChI=1S/C13H22N2O/c14-9-11-5-2-1-3-7-13(11)15-10-12-6-4-8-16-12/h11-13,15H,1-8,10H2. The van der Waals surface area contributed by atoms with Gasteiger partial charge in [0, 0.05) is 19.2 Å². The summed E-state index contributed by atoms with van der Waals surface area (Å²) in [7, 11) is 0. The Bertz CT molecular complexity index is 243. The van der Waals surface area contributed by atoms with E-state index in [9.17, 15) is 0 Å². The van der Waals surface area contributed by atoms with Crippen LogP contribution in [-0.2, 0) is 4.74 Å².